The van der Waals surface area contributed by atoms with Crippen molar-refractivity contribution in [2.45, 2.75) is 6.92 Å². The summed E-state index contributed by atoms with van der Waals surface area (Å²) in [6, 6.07) is 5.70. The van der Waals surface area contributed by atoms with Gasteiger partial charge in [-0.1, -0.05) is 0 Å². The van der Waals surface area contributed by atoms with Gasteiger partial charge >= 0.3 is 5.97 Å². The molecule has 0 unspecified atom stereocenters. The van der Waals surface area contributed by atoms with Gasteiger partial charge in [0.2, 0.25) is 0 Å². The highest BCUT2D eigenvalue weighted by Gasteiger charge is 2.34. The Morgan fingerprint density at radius 1 is 1.32 bits per heavy atom. The fraction of sp³-hybridized carbons (Fsp3) is 0.200. The molecule has 1 aliphatic heterocycles. The summed E-state index contributed by atoms with van der Waals surface area (Å²) < 4.78 is 4.71. The van der Waals surface area contributed by atoms with Crippen molar-refractivity contribution >= 4 is 23.6 Å². The molecule has 0 aromatic heterocycles. The van der Waals surface area contributed by atoms with E-state index in [0.717, 1.165) is 0 Å². The third-order valence-corrected chi connectivity index (χ3v) is 3.47. The standard InChI is InChI=1S/C15H14N2O5/c1-9-13(15(19)22-3)12(14(18)16(9)2)8-10-4-6-11(7-5-10)17(20)21/h4-8H,1-3H3. The highest BCUT2D eigenvalue weighted by Crippen LogP contribution is 2.30. The number of allylic oxidation sites excluding steroid dienone is 1. The van der Waals surface area contributed by atoms with Crippen LogP contribution in [-0.2, 0) is 14.3 Å². The lowest BCUT2D eigenvalue weighted by Gasteiger charge is -2.08. The predicted octanol–water partition coefficient (Wildman–Crippen LogP) is 1.90. The predicted molar refractivity (Wildman–Crippen MR) is 78.6 cm³/mol. The molecule has 0 atom stereocenters. The van der Waals surface area contributed by atoms with E-state index in [2.05, 4.69) is 0 Å². The summed E-state index contributed by atoms with van der Waals surface area (Å²) >= 11 is 0. The highest BCUT2D eigenvalue weighted by atomic mass is 16.6. The number of benzene rings is 1. The molecule has 1 aromatic rings. The lowest BCUT2D eigenvalue weighted by molar-refractivity contribution is -0.384. The molecule has 0 saturated heterocycles. The monoisotopic (exact) mass is 302 g/mol. The van der Waals surface area contributed by atoms with Gasteiger partial charge in [0.15, 0.2) is 0 Å². The van der Waals surface area contributed by atoms with E-state index in [0.29, 0.717) is 11.3 Å². The smallest absolute Gasteiger partial charge is 0.340 e. The number of non-ortho nitro benzene ring substituents is 1. The van der Waals surface area contributed by atoms with Crippen LogP contribution in [0.4, 0.5) is 5.69 Å². The number of nitro groups is 1. The number of likely N-dealkylation sites (N-methyl/N-ethyl adjacent to an activating group) is 1. The van der Waals surface area contributed by atoms with Gasteiger partial charge < -0.3 is 9.64 Å². The van der Waals surface area contributed by atoms with E-state index in [9.17, 15) is 19.7 Å². The van der Waals surface area contributed by atoms with E-state index >= 15 is 0 Å². The Balaban J connectivity index is 2.46. The Bertz CT molecular complexity index is 716. The first kappa shape index (κ1) is 15.4. The van der Waals surface area contributed by atoms with Crippen molar-refractivity contribution in [3.8, 4) is 0 Å². The first-order valence-corrected chi connectivity index (χ1v) is 6.40. The van der Waals surface area contributed by atoms with Gasteiger partial charge in [0.05, 0.1) is 23.2 Å². The van der Waals surface area contributed by atoms with Crippen LogP contribution >= 0.6 is 0 Å². The lowest BCUT2D eigenvalue weighted by Crippen LogP contribution is -2.19. The van der Waals surface area contributed by atoms with E-state index in [1.54, 1.807) is 14.0 Å². The molecule has 0 bridgehead atoms. The molecule has 1 aliphatic rings. The highest BCUT2D eigenvalue weighted by molar-refractivity contribution is 6.16. The van der Waals surface area contributed by atoms with Crippen LogP contribution in [0.1, 0.15) is 12.5 Å². The normalized spacial score (nSPS) is 16.4. The summed E-state index contributed by atoms with van der Waals surface area (Å²) in [6.45, 7) is 1.65. The zero-order chi connectivity index (χ0) is 16.4. The van der Waals surface area contributed by atoms with Crippen molar-refractivity contribution < 1.29 is 19.2 Å². The lowest BCUT2D eigenvalue weighted by atomic mass is 10.0. The summed E-state index contributed by atoms with van der Waals surface area (Å²) in [5, 5.41) is 10.6. The van der Waals surface area contributed by atoms with Crippen LogP contribution in [-0.4, -0.2) is 35.9 Å². The summed E-state index contributed by atoms with van der Waals surface area (Å²) in [4.78, 5) is 35.6. The Morgan fingerprint density at radius 3 is 2.41 bits per heavy atom. The maximum absolute atomic E-state index is 12.2. The SMILES string of the molecule is COC(=O)C1=C(C)N(C)C(=O)C1=Cc1ccc([N+](=O)[O-])cc1. The van der Waals surface area contributed by atoms with Gasteiger partial charge in [0, 0.05) is 24.9 Å². The minimum atomic E-state index is -0.594. The van der Waals surface area contributed by atoms with Crippen molar-refractivity contribution in [2.75, 3.05) is 14.2 Å². The number of carbonyl (C=O) groups excluding carboxylic acids is 2. The second-order valence-electron chi connectivity index (χ2n) is 4.72. The van der Waals surface area contributed by atoms with Gasteiger partial charge in [0.1, 0.15) is 0 Å². The number of hydrogen-bond acceptors (Lipinski definition) is 5. The van der Waals surface area contributed by atoms with Crippen LogP contribution in [0.25, 0.3) is 6.08 Å². The first-order chi connectivity index (χ1) is 10.4. The number of methoxy groups -OCH3 is 1. The fourth-order valence-electron chi connectivity index (χ4n) is 2.16. The number of esters is 1. The minimum absolute atomic E-state index is 0.0445. The Morgan fingerprint density at radius 2 is 1.91 bits per heavy atom. The van der Waals surface area contributed by atoms with Crippen molar-refractivity contribution in [3.05, 3.63) is 56.8 Å². The number of rotatable bonds is 3. The molecule has 0 fully saturated rings. The number of amides is 1. The second-order valence-corrected chi connectivity index (χ2v) is 4.72. The van der Waals surface area contributed by atoms with Gasteiger partial charge in [-0.15, -0.1) is 0 Å². The maximum atomic E-state index is 12.2. The van der Waals surface area contributed by atoms with Crippen LogP contribution in [0.3, 0.4) is 0 Å². The molecule has 1 aromatic carbocycles. The molecule has 1 amide bonds. The summed E-state index contributed by atoms with van der Waals surface area (Å²) in [5.74, 6) is -0.917. The topological polar surface area (TPSA) is 89.8 Å². The molecule has 2 rings (SSSR count). The molecular formula is C15H14N2O5. The molecule has 0 radical (unpaired) electrons. The minimum Gasteiger partial charge on any atom is -0.465 e. The van der Waals surface area contributed by atoms with E-state index < -0.39 is 10.9 Å². The van der Waals surface area contributed by atoms with Gasteiger partial charge in [-0.2, -0.15) is 0 Å². The van der Waals surface area contributed by atoms with E-state index in [1.165, 1.54) is 42.4 Å². The third kappa shape index (κ3) is 2.60. The number of nitrogens with zero attached hydrogens (tertiary/aromatic N) is 2. The number of ether oxygens (including phenoxy) is 1. The number of nitro benzene ring substituents is 1. The van der Waals surface area contributed by atoms with Crippen molar-refractivity contribution in [1.82, 2.24) is 4.90 Å². The zero-order valence-corrected chi connectivity index (χ0v) is 12.3. The molecule has 0 N–H and O–H groups in total. The molecule has 0 saturated carbocycles. The molecule has 1 heterocycles. The molecule has 114 valence electrons. The van der Waals surface area contributed by atoms with Crippen molar-refractivity contribution in [2.24, 2.45) is 0 Å². The Hall–Kier alpha value is -2.96. The van der Waals surface area contributed by atoms with Crippen molar-refractivity contribution in [1.29, 1.82) is 0 Å². The second kappa shape index (κ2) is 5.80. The average Bonchev–Trinajstić information content (AvgIpc) is 2.71. The van der Waals surface area contributed by atoms with Crippen LogP contribution < -0.4 is 0 Å². The van der Waals surface area contributed by atoms with Crippen molar-refractivity contribution in [3.63, 3.8) is 0 Å². The third-order valence-electron chi connectivity index (χ3n) is 3.47. The summed E-state index contributed by atoms with van der Waals surface area (Å²) in [7, 11) is 2.81. The number of carbonyl (C=O) groups is 2. The Kier molecular flexibility index (Phi) is 4.07. The molecule has 0 spiro atoms. The van der Waals surface area contributed by atoms with Crippen LogP contribution in [0.2, 0.25) is 0 Å². The molecular weight excluding hydrogens is 288 g/mol. The molecule has 7 nitrogen and oxygen atoms in total. The fourth-order valence-corrected chi connectivity index (χ4v) is 2.16. The number of hydrogen-bond donors (Lipinski definition) is 0. The first-order valence-electron chi connectivity index (χ1n) is 6.40. The maximum Gasteiger partial charge on any atom is 0.340 e. The summed E-state index contributed by atoms with van der Waals surface area (Å²) in [6.07, 6.45) is 1.52. The van der Waals surface area contributed by atoms with E-state index in [-0.39, 0.29) is 22.7 Å². The van der Waals surface area contributed by atoms with Gasteiger partial charge in [0.25, 0.3) is 11.6 Å². The molecule has 7 heteroatoms. The Labute approximate surface area is 126 Å². The van der Waals surface area contributed by atoms with E-state index in [1.807, 2.05) is 0 Å². The summed E-state index contributed by atoms with van der Waals surface area (Å²) in [5.41, 5.74) is 1.45. The van der Waals surface area contributed by atoms with Gasteiger partial charge in [-0.25, -0.2) is 4.79 Å². The molecule has 0 aliphatic carbocycles. The largest absolute Gasteiger partial charge is 0.465 e. The van der Waals surface area contributed by atoms with Gasteiger partial charge in [-0.3, -0.25) is 14.9 Å². The molecule has 22 heavy (non-hydrogen) atoms. The average molecular weight is 302 g/mol. The van der Waals surface area contributed by atoms with Crippen LogP contribution in [0.5, 0.6) is 0 Å². The van der Waals surface area contributed by atoms with Gasteiger partial charge in [-0.05, 0) is 30.7 Å². The van der Waals surface area contributed by atoms with Crippen LogP contribution in [0, 0.1) is 10.1 Å². The zero-order valence-electron chi connectivity index (χ0n) is 12.3. The quantitative estimate of drug-likeness (QED) is 0.368. The van der Waals surface area contributed by atoms with Crippen LogP contribution in [0.15, 0.2) is 41.1 Å². The van der Waals surface area contributed by atoms with E-state index in [4.69, 9.17) is 4.74 Å².